The van der Waals surface area contributed by atoms with E-state index in [9.17, 15) is 19.2 Å². The number of ether oxygens (including phenoxy) is 2. The van der Waals surface area contributed by atoms with Gasteiger partial charge in [0, 0.05) is 45.6 Å². The highest BCUT2D eigenvalue weighted by atomic mass is 16.6. The SMILES string of the molecule is CC(C)(C)OC(=O)N1CCC(CCN2CCCC2=O)CC1.CCOC(=O)C(CN)C(=O)CC. The van der Waals surface area contributed by atoms with Gasteiger partial charge >= 0.3 is 12.1 Å². The zero-order valence-corrected chi connectivity index (χ0v) is 21.1. The Kier molecular flexibility index (Phi) is 12.4. The fraction of sp³-hybridized carbons (Fsp3) is 0.833. The lowest BCUT2D eigenvalue weighted by molar-refractivity contribution is -0.151. The zero-order valence-electron chi connectivity index (χ0n) is 21.1. The second kappa shape index (κ2) is 14.2. The third-order valence-electron chi connectivity index (χ3n) is 5.79. The first kappa shape index (κ1) is 28.9. The number of Topliss-reactive ketones (excluding diaryl/α,β-unsaturated/α-hetero) is 1. The Hall–Kier alpha value is -2.16. The lowest BCUT2D eigenvalue weighted by Gasteiger charge is -2.34. The van der Waals surface area contributed by atoms with Crippen molar-refractivity contribution in [2.45, 2.75) is 78.7 Å². The molecule has 9 nitrogen and oxygen atoms in total. The van der Waals surface area contributed by atoms with Crippen LogP contribution in [0.2, 0.25) is 0 Å². The first-order chi connectivity index (χ1) is 15.5. The van der Waals surface area contributed by atoms with Gasteiger partial charge in [-0.05, 0) is 59.3 Å². The maximum absolute atomic E-state index is 12.0. The Bertz CT molecular complexity index is 653. The second-order valence-corrected chi connectivity index (χ2v) is 9.54. The molecule has 0 aromatic heterocycles. The predicted molar refractivity (Wildman–Crippen MR) is 125 cm³/mol. The highest BCUT2D eigenvalue weighted by molar-refractivity contribution is 5.99. The number of amides is 2. The number of likely N-dealkylation sites (tertiary alicyclic amines) is 2. The number of nitrogens with two attached hydrogens (primary N) is 1. The number of ketones is 1. The van der Waals surface area contributed by atoms with Crippen LogP contribution in [0.3, 0.4) is 0 Å². The van der Waals surface area contributed by atoms with Crippen molar-refractivity contribution < 1.29 is 28.7 Å². The normalized spacial score (nSPS) is 17.8. The molecule has 2 saturated heterocycles. The van der Waals surface area contributed by atoms with Crippen LogP contribution in [0.25, 0.3) is 0 Å². The number of hydrogen-bond acceptors (Lipinski definition) is 7. The monoisotopic (exact) mass is 469 g/mol. The summed E-state index contributed by atoms with van der Waals surface area (Å²) in [5, 5.41) is 0. The van der Waals surface area contributed by atoms with Crippen LogP contribution in [0.4, 0.5) is 4.79 Å². The van der Waals surface area contributed by atoms with Gasteiger partial charge in [-0.25, -0.2) is 4.79 Å². The number of hydrogen-bond donors (Lipinski definition) is 1. The van der Waals surface area contributed by atoms with Crippen molar-refractivity contribution in [1.29, 1.82) is 0 Å². The number of rotatable bonds is 8. The van der Waals surface area contributed by atoms with Crippen molar-refractivity contribution in [1.82, 2.24) is 9.80 Å². The molecule has 33 heavy (non-hydrogen) atoms. The van der Waals surface area contributed by atoms with E-state index in [0.717, 1.165) is 58.3 Å². The molecule has 2 aliphatic rings. The molecule has 1 unspecified atom stereocenters. The maximum atomic E-state index is 12.0. The zero-order chi connectivity index (χ0) is 25.0. The van der Waals surface area contributed by atoms with E-state index in [1.54, 1.807) is 13.8 Å². The van der Waals surface area contributed by atoms with Crippen molar-refractivity contribution >= 4 is 23.8 Å². The Morgan fingerprint density at radius 3 is 2.21 bits per heavy atom. The molecule has 0 radical (unpaired) electrons. The Morgan fingerprint density at radius 2 is 1.76 bits per heavy atom. The summed E-state index contributed by atoms with van der Waals surface area (Å²) >= 11 is 0. The van der Waals surface area contributed by atoms with Gasteiger partial charge in [0.05, 0.1) is 6.61 Å². The summed E-state index contributed by atoms with van der Waals surface area (Å²) in [6, 6.07) is 0. The van der Waals surface area contributed by atoms with Gasteiger partial charge in [0.1, 0.15) is 17.3 Å². The maximum Gasteiger partial charge on any atom is 0.410 e. The summed E-state index contributed by atoms with van der Waals surface area (Å²) in [7, 11) is 0. The van der Waals surface area contributed by atoms with Crippen LogP contribution in [-0.2, 0) is 23.9 Å². The van der Waals surface area contributed by atoms with Crippen LogP contribution in [0.5, 0.6) is 0 Å². The van der Waals surface area contributed by atoms with E-state index in [1.807, 2.05) is 30.6 Å². The molecule has 2 N–H and O–H groups in total. The summed E-state index contributed by atoms with van der Waals surface area (Å²) in [6.07, 6.45) is 4.94. The number of piperidine rings is 1. The number of carbonyl (C=O) groups excluding carboxylic acids is 4. The molecule has 2 rings (SSSR count). The summed E-state index contributed by atoms with van der Waals surface area (Å²) in [5.41, 5.74) is 4.83. The van der Waals surface area contributed by atoms with Crippen LogP contribution in [0.15, 0.2) is 0 Å². The predicted octanol–water partition coefficient (Wildman–Crippen LogP) is 2.75. The van der Waals surface area contributed by atoms with Crippen LogP contribution in [0, 0.1) is 11.8 Å². The number of nitrogens with zero attached hydrogens (tertiary/aromatic N) is 2. The number of esters is 1. The molecule has 0 saturated carbocycles. The van der Waals surface area contributed by atoms with Crippen LogP contribution in [-0.4, -0.2) is 78.5 Å². The first-order valence-electron chi connectivity index (χ1n) is 12.2. The highest BCUT2D eigenvalue weighted by Gasteiger charge is 2.28. The number of carbonyl (C=O) groups is 4. The topological polar surface area (TPSA) is 119 Å². The van der Waals surface area contributed by atoms with Crippen LogP contribution >= 0.6 is 0 Å². The van der Waals surface area contributed by atoms with E-state index in [0.29, 0.717) is 18.2 Å². The van der Waals surface area contributed by atoms with E-state index in [-0.39, 0.29) is 25.0 Å². The molecule has 2 amide bonds. The van der Waals surface area contributed by atoms with Gasteiger partial charge in [-0.1, -0.05) is 6.92 Å². The fourth-order valence-corrected chi connectivity index (χ4v) is 3.86. The van der Waals surface area contributed by atoms with Crippen molar-refractivity contribution in [3.63, 3.8) is 0 Å². The molecule has 0 aliphatic carbocycles. The van der Waals surface area contributed by atoms with Crippen LogP contribution in [0.1, 0.15) is 73.1 Å². The minimum Gasteiger partial charge on any atom is -0.465 e. The molecule has 2 fully saturated rings. The Morgan fingerprint density at radius 1 is 1.12 bits per heavy atom. The van der Waals surface area contributed by atoms with Gasteiger partial charge in [-0.3, -0.25) is 14.4 Å². The standard InChI is InChI=1S/C16H28N2O3.C8H15NO3/c1-16(2,3)21-15(20)18-11-7-13(8-12-18)6-10-17-9-4-5-14(17)19;1-3-7(10)6(5-9)8(11)12-4-2/h13H,4-12H2,1-3H3;6H,3-5,9H2,1-2H3. The summed E-state index contributed by atoms with van der Waals surface area (Å²) in [4.78, 5) is 49.5. The molecule has 0 spiro atoms. The second-order valence-electron chi connectivity index (χ2n) is 9.54. The third-order valence-corrected chi connectivity index (χ3v) is 5.79. The van der Waals surface area contributed by atoms with Crippen molar-refractivity contribution in [2.24, 2.45) is 17.6 Å². The lowest BCUT2D eigenvalue weighted by Crippen LogP contribution is -2.42. The minimum atomic E-state index is -0.769. The molecule has 0 aromatic rings. The van der Waals surface area contributed by atoms with Crippen LogP contribution < -0.4 is 5.73 Å². The van der Waals surface area contributed by atoms with Gasteiger partial charge in [0.25, 0.3) is 0 Å². The Labute approximate surface area is 198 Å². The summed E-state index contributed by atoms with van der Waals surface area (Å²) < 4.78 is 10.1. The van der Waals surface area contributed by atoms with E-state index in [2.05, 4.69) is 4.74 Å². The van der Waals surface area contributed by atoms with Gasteiger partial charge in [-0.2, -0.15) is 0 Å². The smallest absolute Gasteiger partial charge is 0.410 e. The lowest BCUT2D eigenvalue weighted by atomic mass is 9.93. The average molecular weight is 470 g/mol. The molecule has 190 valence electrons. The van der Waals surface area contributed by atoms with Gasteiger partial charge in [0.2, 0.25) is 5.91 Å². The van der Waals surface area contributed by atoms with Crippen molar-refractivity contribution in [3.05, 3.63) is 0 Å². The van der Waals surface area contributed by atoms with Crippen molar-refractivity contribution in [3.8, 4) is 0 Å². The molecular weight excluding hydrogens is 426 g/mol. The van der Waals surface area contributed by atoms with Crippen molar-refractivity contribution in [2.75, 3.05) is 39.3 Å². The molecule has 9 heteroatoms. The van der Waals surface area contributed by atoms with E-state index in [1.165, 1.54) is 0 Å². The highest BCUT2D eigenvalue weighted by Crippen LogP contribution is 2.23. The first-order valence-corrected chi connectivity index (χ1v) is 12.2. The molecule has 2 aliphatic heterocycles. The fourth-order valence-electron chi connectivity index (χ4n) is 3.86. The molecule has 0 aromatic carbocycles. The average Bonchev–Trinajstić information content (AvgIpc) is 3.17. The van der Waals surface area contributed by atoms with E-state index >= 15 is 0 Å². The molecule has 1 atom stereocenters. The largest absolute Gasteiger partial charge is 0.465 e. The summed E-state index contributed by atoms with van der Waals surface area (Å²) in [6.45, 7) is 12.7. The van der Waals surface area contributed by atoms with Gasteiger partial charge in [0.15, 0.2) is 0 Å². The minimum absolute atomic E-state index is 0.0332. The van der Waals surface area contributed by atoms with E-state index < -0.39 is 17.5 Å². The Balaban J connectivity index is 0.000000389. The van der Waals surface area contributed by atoms with E-state index in [4.69, 9.17) is 10.5 Å². The third kappa shape index (κ3) is 10.5. The summed E-state index contributed by atoms with van der Waals surface area (Å²) in [5.74, 6) is -0.504. The quantitative estimate of drug-likeness (QED) is 0.429. The van der Waals surface area contributed by atoms with Gasteiger partial charge in [-0.15, -0.1) is 0 Å². The molecule has 0 bridgehead atoms. The molecule has 2 heterocycles. The van der Waals surface area contributed by atoms with Gasteiger partial charge < -0.3 is 25.0 Å². The molecular formula is C24H43N3O6.